The van der Waals surface area contributed by atoms with Crippen molar-refractivity contribution in [2.75, 3.05) is 6.26 Å². The first-order valence-electron chi connectivity index (χ1n) is 5.08. The van der Waals surface area contributed by atoms with E-state index in [0.29, 0.717) is 4.88 Å². The van der Waals surface area contributed by atoms with Crippen LogP contribution in [0.4, 0.5) is 0 Å². The number of aromatic nitrogens is 1. The van der Waals surface area contributed by atoms with E-state index in [2.05, 4.69) is 20.9 Å². The van der Waals surface area contributed by atoms with Gasteiger partial charge in [0.2, 0.25) is 0 Å². The lowest BCUT2D eigenvalue weighted by Gasteiger charge is -2.03. The Bertz CT molecular complexity index is 610. The number of thiophene rings is 1. The zero-order valence-electron chi connectivity index (χ0n) is 9.73. The molecule has 0 unspecified atom stereocenters. The second-order valence-electron chi connectivity index (χ2n) is 3.57. The highest BCUT2D eigenvalue weighted by atomic mass is 79.9. The highest BCUT2D eigenvalue weighted by molar-refractivity contribution is 9.10. The summed E-state index contributed by atoms with van der Waals surface area (Å²) in [5, 5.41) is 9.17. The van der Waals surface area contributed by atoms with Gasteiger partial charge in [-0.05, 0) is 46.8 Å². The van der Waals surface area contributed by atoms with E-state index in [9.17, 15) is 9.90 Å². The lowest BCUT2D eigenvalue weighted by Crippen LogP contribution is -1.95. The molecule has 0 bridgehead atoms. The highest BCUT2D eigenvalue weighted by Crippen LogP contribution is 2.41. The van der Waals surface area contributed by atoms with E-state index in [1.807, 2.05) is 31.4 Å². The van der Waals surface area contributed by atoms with Gasteiger partial charge in [-0.15, -0.1) is 23.1 Å². The van der Waals surface area contributed by atoms with Crippen LogP contribution in [0.2, 0.25) is 0 Å². The van der Waals surface area contributed by atoms with Crippen LogP contribution in [0.3, 0.4) is 0 Å². The summed E-state index contributed by atoms with van der Waals surface area (Å²) in [4.78, 5) is 16.0. The normalized spacial score (nSPS) is 10.6. The summed E-state index contributed by atoms with van der Waals surface area (Å²) in [7, 11) is 0. The van der Waals surface area contributed by atoms with Crippen LogP contribution in [0.5, 0.6) is 0 Å². The first-order valence-corrected chi connectivity index (χ1v) is 7.91. The van der Waals surface area contributed by atoms with Crippen molar-refractivity contribution < 1.29 is 9.90 Å². The number of nitrogens with zero attached hydrogens (tertiary/aromatic N) is 1. The SMILES string of the molecule is CSc1sc(C(=O)O)c(C)c1-c1cccc(Br)n1. The van der Waals surface area contributed by atoms with Crippen molar-refractivity contribution in [3.05, 3.63) is 33.2 Å². The van der Waals surface area contributed by atoms with Gasteiger partial charge in [0.1, 0.15) is 9.48 Å². The number of carbonyl (C=O) groups is 1. The molecule has 0 fully saturated rings. The molecule has 3 nitrogen and oxygen atoms in total. The van der Waals surface area contributed by atoms with E-state index < -0.39 is 5.97 Å². The molecule has 2 aromatic heterocycles. The molecular weight excluding hydrogens is 334 g/mol. The molecule has 2 heterocycles. The fourth-order valence-electron chi connectivity index (χ4n) is 1.68. The van der Waals surface area contributed by atoms with Gasteiger partial charge < -0.3 is 5.11 Å². The molecule has 2 aromatic rings. The standard InChI is InChI=1S/C12H10BrNO2S2/c1-6-9(7-4-3-5-8(13)14-7)12(17-2)18-10(6)11(15)16/h3-5H,1-2H3,(H,15,16). The molecule has 0 atom stereocenters. The van der Waals surface area contributed by atoms with Gasteiger partial charge in [-0.3, -0.25) is 0 Å². The highest BCUT2D eigenvalue weighted by Gasteiger charge is 2.21. The van der Waals surface area contributed by atoms with Crippen LogP contribution in [-0.2, 0) is 0 Å². The minimum Gasteiger partial charge on any atom is -0.477 e. The molecule has 0 amide bonds. The summed E-state index contributed by atoms with van der Waals surface area (Å²) < 4.78 is 1.73. The van der Waals surface area contributed by atoms with Crippen molar-refractivity contribution in [2.45, 2.75) is 11.1 Å². The zero-order valence-corrected chi connectivity index (χ0v) is 12.9. The molecule has 94 valence electrons. The molecule has 0 aromatic carbocycles. The van der Waals surface area contributed by atoms with Crippen LogP contribution in [0, 0.1) is 6.92 Å². The first-order chi connectivity index (χ1) is 8.54. The van der Waals surface area contributed by atoms with Gasteiger partial charge in [-0.2, -0.15) is 0 Å². The Labute approximate surface area is 121 Å². The van der Waals surface area contributed by atoms with Gasteiger partial charge in [0.15, 0.2) is 0 Å². The summed E-state index contributed by atoms with van der Waals surface area (Å²) in [5.74, 6) is -0.881. The summed E-state index contributed by atoms with van der Waals surface area (Å²) in [6, 6.07) is 5.64. The maximum atomic E-state index is 11.2. The average molecular weight is 344 g/mol. The second-order valence-corrected chi connectivity index (χ2v) is 6.48. The predicted octanol–water partition coefficient (Wildman–Crippen LogP) is 4.30. The smallest absolute Gasteiger partial charge is 0.346 e. The number of hydrogen-bond donors (Lipinski definition) is 1. The average Bonchev–Trinajstić information content (AvgIpc) is 2.66. The Morgan fingerprint density at radius 2 is 2.22 bits per heavy atom. The van der Waals surface area contributed by atoms with Gasteiger partial charge in [0.25, 0.3) is 0 Å². The Morgan fingerprint density at radius 3 is 2.78 bits per heavy atom. The van der Waals surface area contributed by atoms with Crippen molar-refractivity contribution in [3.63, 3.8) is 0 Å². The first kappa shape index (κ1) is 13.6. The van der Waals surface area contributed by atoms with E-state index in [0.717, 1.165) is 25.6 Å². The van der Waals surface area contributed by atoms with E-state index in [-0.39, 0.29) is 0 Å². The van der Waals surface area contributed by atoms with Crippen molar-refractivity contribution in [3.8, 4) is 11.3 Å². The summed E-state index contributed by atoms with van der Waals surface area (Å²) in [6.45, 7) is 1.83. The van der Waals surface area contributed by atoms with Crippen molar-refractivity contribution in [1.29, 1.82) is 0 Å². The number of rotatable bonds is 3. The van der Waals surface area contributed by atoms with E-state index in [1.165, 1.54) is 11.3 Å². The molecule has 0 aliphatic heterocycles. The van der Waals surface area contributed by atoms with E-state index >= 15 is 0 Å². The van der Waals surface area contributed by atoms with Crippen LogP contribution < -0.4 is 0 Å². The quantitative estimate of drug-likeness (QED) is 0.666. The Balaban J connectivity index is 2.66. The molecule has 0 saturated carbocycles. The number of carboxylic acids is 1. The number of hydrogen-bond acceptors (Lipinski definition) is 4. The molecule has 0 aliphatic rings. The summed E-state index contributed by atoms with van der Waals surface area (Å²) in [5.41, 5.74) is 2.50. The fourth-order valence-corrected chi connectivity index (χ4v) is 3.96. The monoisotopic (exact) mass is 343 g/mol. The Morgan fingerprint density at radius 1 is 1.50 bits per heavy atom. The number of halogens is 1. The Kier molecular flexibility index (Phi) is 4.09. The predicted molar refractivity (Wildman–Crippen MR) is 78.7 cm³/mol. The summed E-state index contributed by atoms with van der Waals surface area (Å²) >= 11 is 6.19. The van der Waals surface area contributed by atoms with E-state index in [1.54, 1.807) is 11.8 Å². The summed E-state index contributed by atoms with van der Waals surface area (Å²) in [6.07, 6.45) is 1.94. The maximum absolute atomic E-state index is 11.2. The fraction of sp³-hybridized carbons (Fsp3) is 0.167. The largest absolute Gasteiger partial charge is 0.477 e. The van der Waals surface area contributed by atoms with Crippen LogP contribution in [0.15, 0.2) is 27.0 Å². The molecule has 1 N–H and O–H groups in total. The van der Waals surface area contributed by atoms with Gasteiger partial charge in [-0.1, -0.05) is 6.07 Å². The van der Waals surface area contributed by atoms with Crippen LogP contribution >= 0.6 is 39.0 Å². The maximum Gasteiger partial charge on any atom is 0.346 e. The molecule has 0 spiro atoms. The number of pyridine rings is 1. The van der Waals surface area contributed by atoms with Crippen molar-refractivity contribution in [2.24, 2.45) is 0 Å². The lowest BCUT2D eigenvalue weighted by atomic mass is 10.1. The third-order valence-electron chi connectivity index (χ3n) is 2.47. The van der Waals surface area contributed by atoms with Gasteiger partial charge in [0.05, 0.1) is 9.90 Å². The van der Waals surface area contributed by atoms with Gasteiger partial charge in [0, 0.05) is 5.56 Å². The minimum atomic E-state index is -0.881. The number of thioether (sulfide) groups is 1. The lowest BCUT2D eigenvalue weighted by molar-refractivity contribution is 0.0701. The van der Waals surface area contributed by atoms with Gasteiger partial charge in [-0.25, -0.2) is 9.78 Å². The molecule has 0 aliphatic carbocycles. The van der Waals surface area contributed by atoms with Crippen LogP contribution in [0.25, 0.3) is 11.3 Å². The second kappa shape index (κ2) is 5.42. The molecule has 6 heteroatoms. The molecular formula is C12H10BrNO2S2. The third-order valence-corrected chi connectivity index (χ3v) is 5.31. The van der Waals surface area contributed by atoms with Gasteiger partial charge >= 0.3 is 5.97 Å². The molecule has 0 saturated heterocycles. The molecule has 18 heavy (non-hydrogen) atoms. The zero-order chi connectivity index (χ0) is 13.3. The molecule has 2 rings (SSSR count). The Hall–Kier alpha value is -0.850. The van der Waals surface area contributed by atoms with Crippen molar-refractivity contribution in [1.82, 2.24) is 4.98 Å². The topological polar surface area (TPSA) is 50.2 Å². The number of aromatic carboxylic acids is 1. The number of carboxylic acid groups (broad SMARTS) is 1. The van der Waals surface area contributed by atoms with Crippen molar-refractivity contribution >= 4 is 45.0 Å². The van der Waals surface area contributed by atoms with Crippen LogP contribution in [-0.4, -0.2) is 22.3 Å². The third kappa shape index (κ3) is 2.46. The molecule has 0 radical (unpaired) electrons. The minimum absolute atomic E-state index is 0.385. The van der Waals surface area contributed by atoms with E-state index in [4.69, 9.17) is 0 Å². The van der Waals surface area contributed by atoms with Crippen LogP contribution in [0.1, 0.15) is 15.2 Å².